The maximum Gasteiger partial charge on any atom is 0.356 e. The van der Waals surface area contributed by atoms with E-state index < -0.39 is 5.97 Å². The number of anilines is 1. The number of carbonyl (C=O) groups is 1. The Labute approximate surface area is 116 Å². The molecule has 0 amide bonds. The minimum absolute atomic E-state index is 0.111. The summed E-state index contributed by atoms with van der Waals surface area (Å²) in [6.07, 6.45) is 3.24. The Bertz CT molecular complexity index is 661. The third kappa shape index (κ3) is 1.90. The molecule has 2 aromatic heterocycles. The first-order valence-electron chi connectivity index (χ1n) is 6.29. The van der Waals surface area contributed by atoms with Gasteiger partial charge in [0.05, 0.1) is 18.9 Å². The van der Waals surface area contributed by atoms with Gasteiger partial charge in [-0.05, 0) is 13.0 Å². The smallest absolute Gasteiger partial charge is 0.356 e. The Balaban J connectivity index is 1.88. The van der Waals surface area contributed by atoms with Crippen LogP contribution in [-0.4, -0.2) is 53.2 Å². The van der Waals surface area contributed by atoms with Gasteiger partial charge in [0.15, 0.2) is 5.69 Å². The number of ether oxygens (including phenoxy) is 2. The van der Waals surface area contributed by atoms with Gasteiger partial charge in [-0.3, -0.25) is 4.40 Å². The van der Waals surface area contributed by atoms with E-state index in [1.165, 1.54) is 13.3 Å². The number of hydrogen-bond donors (Lipinski definition) is 0. The fourth-order valence-corrected chi connectivity index (χ4v) is 2.35. The van der Waals surface area contributed by atoms with Crippen molar-refractivity contribution in [1.29, 1.82) is 0 Å². The second kappa shape index (κ2) is 4.45. The lowest BCUT2D eigenvalue weighted by Crippen LogP contribution is -2.61. The fourth-order valence-electron chi connectivity index (χ4n) is 2.35. The second-order valence-corrected chi connectivity index (χ2v) is 5.10. The zero-order valence-electron chi connectivity index (χ0n) is 11.7. The van der Waals surface area contributed by atoms with Gasteiger partial charge in [-0.2, -0.15) is 4.98 Å². The van der Waals surface area contributed by atoms with Gasteiger partial charge in [-0.15, -0.1) is 0 Å². The van der Waals surface area contributed by atoms with Crippen LogP contribution in [0, 0.1) is 0 Å². The number of fused-ring (bicyclic) bond motifs is 1. The highest BCUT2D eigenvalue weighted by atomic mass is 16.5. The normalized spacial score (nSPS) is 17.1. The van der Waals surface area contributed by atoms with Crippen molar-refractivity contribution in [3.63, 3.8) is 0 Å². The number of nitrogens with zero attached hydrogens (tertiary/aromatic N) is 4. The minimum Gasteiger partial charge on any atom is -0.464 e. The van der Waals surface area contributed by atoms with Gasteiger partial charge in [0.25, 0.3) is 0 Å². The molecule has 1 saturated heterocycles. The van der Waals surface area contributed by atoms with Gasteiger partial charge < -0.3 is 14.4 Å². The van der Waals surface area contributed by atoms with Crippen LogP contribution in [0.1, 0.15) is 17.4 Å². The maximum atomic E-state index is 11.6. The summed E-state index contributed by atoms with van der Waals surface area (Å²) in [5, 5.41) is 0. The van der Waals surface area contributed by atoms with Gasteiger partial charge in [0, 0.05) is 26.4 Å². The number of aromatic nitrogens is 3. The number of esters is 1. The molecule has 20 heavy (non-hydrogen) atoms. The highest BCUT2D eigenvalue weighted by Gasteiger charge is 2.39. The first kappa shape index (κ1) is 12.9. The van der Waals surface area contributed by atoms with E-state index in [0.29, 0.717) is 11.5 Å². The summed E-state index contributed by atoms with van der Waals surface area (Å²) in [7, 11) is 3.06. The van der Waals surface area contributed by atoms with Crippen LogP contribution in [0.15, 0.2) is 18.5 Å². The number of methoxy groups -OCH3 is 2. The molecule has 7 heteroatoms. The molecule has 0 unspecified atom stereocenters. The second-order valence-electron chi connectivity index (χ2n) is 5.10. The van der Waals surface area contributed by atoms with Crippen molar-refractivity contribution in [3.8, 4) is 0 Å². The van der Waals surface area contributed by atoms with Crippen molar-refractivity contribution in [2.45, 2.75) is 12.5 Å². The highest BCUT2D eigenvalue weighted by molar-refractivity contribution is 5.88. The van der Waals surface area contributed by atoms with Gasteiger partial charge in [-0.25, -0.2) is 9.78 Å². The molecule has 3 heterocycles. The van der Waals surface area contributed by atoms with E-state index in [0.717, 1.165) is 18.9 Å². The minimum atomic E-state index is -0.428. The number of hydrogen-bond acceptors (Lipinski definition) is 6. The molecule has 106 valence electrons. The molecule has 2 aromatic rings. The van der Waals surface area contributed by atoms with Crippen LogP contribution in [-0.2, 0) is 9.47 Å². The molecular weight excluding hydrogens is 260 g/mol. The van der Waals surface area contributed by atoms with E-state index in [4.69, 9.17) is 9.47 Å². The number of carbonyl (C=O) groups excluding carboxylic acids is 1. The van der Waals surface area contributed by atoms with Crippen molar-refractivity contribution in [3.05, 3.63) is 24.2 Å². The van der Waals surface area contributed by atoms with Crippen molar-refractivity contribution in [2.24, 2.45) is 0 Å². The van der Waals surface area contributed by atoms with Crippen LogP contribution in [0.5, 0.6) is 0 Å². The predicted molar refractivity (Wildman–Crippen MR) is 72.0 cm³/mol. The van der Waals surface area contributed by atoms with E-state index in [1.54, 1.807) is 17.7 Å². The fraction of sp³-hybridized carbons (Fsp3) is 0.462. The van der Waals surface area contributed by atoms with Crippen molar-refractivity contribution >= 4 is 17.6 Å². The van der Waals surface area contributed by atoms with Gasteiger partial charge in [0.1, 0.15) is 5.82 Å². The molecule has 0 aromatic carbocycles. The summed E-state index contributed by atoms with van der Waals surface area (Å²) in [4.78, 5) is 22.3. The number of imidazole rings is 1. The van der Waals surface area contributed by atoms with Crippen LogP contribution in [0.2, 0.25) is 0 Å². The average molecular weight is 276 g/mol. The average Bonchev–Trinajstić information content (AvgIpc) is 2.85. The molecule has 0 spiro atoms. The summed E-state index contributed by atoms with van der Waals surface area (Å²) in [5.41, 5.74) is 0.257. The summed E-state index contributed by atoms with van der Waals surface area (Å²) in [6.45, 7) is 3.64. The molecule has 0 saturated carbocycles. The molecule has 1 aliphatic heterocycles. The molecule has 1 aliphatic rings. The summed E-state index contributed by atoms with van der Waals surface area (Å²) in [5.74, 6) is 0.880. The molecule has 3 rings (SSSR count). The van der Waals surface area contributed by atoms with Crippen molar-refractivity contribution in [2.75, 3.05) is 32.2 Å². The van der Waals surface area contributed by atoms with E-state index >= 15 is 0 Å². The van der Waals surface area contributed by atoms with Crippen molar-refractivity contribution < 1.29 is 14.3 Å². The van der Waals surface area contributed by atoms with Crippen LogP contribution in [0.3, 0.4) is 0 Å². The quantitative estimate of drug-likeness (QED) is 0.770. The van der Waals surface area contributed by atoms with Crippen LogP contribution in [0.4, 0.5) is 5.82 Å². The molecular formula is C13H16N4O3. The van der Waals surface area contributed by atoms with Crippen LogP contribution < -0.4 is 4.90 Å². The largest absolute Gasteiger partial charge is 0.464 e. The first-order chi connectivity index (χ1) is 9.56. The SMILES string of the molecule is COC(=O)c1cnc2nc(N3CC(C)(OC)C3)ccn12. The van der Waals surface area contributed by atoms with E-state index in [9.17, 15) is 4.79 Å². The van der Waals surface area contributed by atoms with Crippen molar-refractivity contribution in [1.82, 2.24) is 14.4 Å². The Morgan fingerprint density at radius 3 is 2.80 bits per heavy atom. The molecule has 0 atom stereocenters. The third-order valence-corrected chi connectivity index (χ3v) is 3.63. The van der Waals surface area contributed by atoms with E-state index in [-0.39, 0.29) is 5.60 Å². The van der Waals surface area contributed by atoms with E-state index in [1.807, 2.05) is 6.07 Å². The zero-order valence-corrected chi connectivity index (χ0v) is 11.7. The monoisotopic (exact) mass is 276 g/mol. The highest BCUT2D eigenvalue weighted by Crippen LogP contribution is 2.28. The van der Waals surface area contributed by atoms with Gasteiger partial charge in [0.2, 0.25) is 5.78 Å². The Morgan fingerprint density at radius 2 is 2.15 bits per heavy atom. The lowest BCUT2D eigenvalue weighted by molar-refractivity contribution is -0.0171. The first-order valence-corrected chi connectivity index (χ1v) is 6.29. The Morgan fingerprint density at radius 1 is 1.40 bits per heavy atom. The predicted octanol–water partition coefficient (Wildman–Crippen LogP) is 0.741. The summed E-state index contributed by atoms with van der Waals surface area (Å²) in [6, 6.07) is 1.86. The molecule has 0 radical (unpaired) electrons. The molecule has 0 N–H and O–H groups in total. The Kier molecular flexibility index (Phi) is 2.86. The molecule has 0 bridgehead atoms. The van der Waals surface area contributed by atoms with E-state index in [2.05, 4.69) is 21.8 Å². The topological polar surface area (TPSA) is 69.0 Å². The molecule has 0 aliphatic carbocycles. The lowest BCUT2D eigenvalue weighted by Gasteiger charge is -2.47. The Hall–Kier alpha value is -2.15. The molecule has 1 fully saturated rings. The summed E-state index contributed by atoms with van der Waals surface area (Å²) < 4.78 is 11.7. The van der Waals surface area contributed by atoms with Gasteiger partial charge >= 0.3 is 5.97 Å². The summed E-state index contributed by atoms with van der Waals surface area (Å²) >= 11 is 0. The van der Waals surface area contributed by atoms with Crippen LogP contribution >= 0.6 is 0 Å². The zero-order chi connectivity index (χ0) is 14.3. The third-order valence-electron chi connectivity index (χ3n) is 3.63. The molecule has 7 nitrogen and oxygen atoms in total. The lowest BCUT2D eigenvalue weighted by atomic mass is 9.97. The number of rotatable bonds is 3. The van der Waals surface area contributed by atoms with Gasteiger partial charge in [-0.1, -0.05) is 0 Å². The maximum absolute atomic E-state index is 11.6. The standard InChI is InChI=1S/C13H16N4O3/c1-13(20-3)7-16(8-13)10-4-5-17-9(11(18)19-2)6-14-12(17)15-10/h4-6H,7-8H2,1-3H3. The van der Waals surface area contributed by atoms with Crippen LogP contribution in [0.25, 0.3) is 5.78 Å².